The van der Waals surface area contributed by atoms with Crippen LogP contribution in [-0.4, -0.2) is 11.9 Å². The molecule has 0 radical (unpaired) electrons. The van der Waals surface area contributed by atoms with Crippen LogP contribution in [0.4, 0.5) is 18.9 Å². The van der Waals surface area contributed by atoms with Crippen molar-refractivity contribution < 1.29 is 13.2 Å². The van der Waals surface area contributed by atoms with Crippen molar-refractivity contribution in [3.8, 4) is 0 Å². The Hall–Kier alpha value is -0.900. The molecule has 0 aliphatic carbocycles. The number of alkyl halides is 4. The van der Waals surface area contributed by atoms with Gasteiger partial charge in [0, 0.05) is 17.6 Å². The maximum atomic E-state index is 12.8. The Labute approximate surface area is 110 Å². The van der Waals surface area contributed by atoms with Crippen LogP contribution in [0.15, 0.2) is 24.3 Å². The second-order valence-corrected chi connectivity index (χ2v) is 4.89. The molecule has 0 saturated heterocycles. The molecule has 0 aromatic heterocycles. The quantitative estimate of drug-likeness (QED) is 0.766. The highest BCUT2D eigenvalue weighted by atomic mass is 35.5. The van der Waals surface area contributed by atoms with Crippen molar-refractivity contribution >= 4 is 17.3 Å². The van der Waals surface area contributed by atoms with E-state index in [4.69, 9.17) is 11.6 Å². The third-order valence-corrected chi connectivity index (χ3v) is 3.02. The lowest BCUT2D eigenvalue weighted by Crippen LogP contribution is -2.27. The number of halogens is 4. The van der Waals surface area contributed by atoms with E-state index in [0.29, 0.717) is 12.3 Å². The fourth-order valence-corrected chi connectivity index (χ4v) is 1.98. The van der Waals surface area contributed by atoms with Crippen molar-refractivity contribution in [1.82, 2.24) is 0 Å². The van der Waals surface area contributed by atoms with Gasteiger partial charge in [-0.25, -0.2) is 0 Å². The second-order valence-electron chi connectivity index (χ2n) is 4.52. The van der Waals surface area contributed by atoms with E-state index < -0.39 is 11.7 Å². The van der Waals surface area contributed by atoms with Gasteiger partial charge in [0.25, 0.3) is 0 Å². The van der Waals surface area contributed by atoms with Crippen LogP contribution in [0.5, 0.6) is 0 Å². The Bertz CT molecular complexity index is 377. The first kappa shape index (κ1) is 15.2. The molecule has 0 amide bonds. The zero-order valence-electron chi connectivity index (χ0n) is 10.4. The number of nitrogens with one attached hydrogen (secondary N) is 1. The largest absolute Gasteiger partial charge is 0.418 e. The van der Waals surface area contributed by atoms with Gasteiger partial charge in [0.1, 0.15) is 0 Å². The fourth-order valence-electron chi connectivity index (χ4n) is 1.75. The van der Waals surface area contributed by atoms with E-state index in [1.807, 2.05) is 13.8 Å². The lowest BCUT2D eigenvalue weighted by molar-refractivity contribution is -0.137. The molecule has 1 aromatic rings. The van der Waals surface area contributed by atoms with E-state index in [2.05, 4.69) is 5.32 Å². The summed E-state index contributed by atoms with van der Waals surface area (Å²) < 4.78 is 38.5. The zero-order valence-corrected chi connectivity index (χ0v) is 11.1. The van der Waals surface area contributed by atoms with Crippen LogP contribution in [0, 0.1) is 5.92 Å². The first-order valence-electron chi connectivity index (χ1n) is 5.85. The molecule has 1 unspecified atom stereocenters. The predicted octanol–water partition coefficient (Wildman–Crippen LogP) is 4.77. The highest BCUT2D eigenvalue weighted by Gasteiger charge is 2.33. The van der Waals surface area contributed by atoms with Crippen LogP contribution in [0.1, 0.15) is 25.8 Å². The Morgan fingerprint density at radius 2 is 1.83 bits per heavy atom. The molecular weight excluding hydrogens is 263 g/mol. The minimum atomic E-state index is -4.34. The van der Waals surface area contributed by atoms with Crippen molar-refractivity contribution in [2.24, 2.45) is 5.92 Å². The molecule has 18 heavy (non-hydrogen) atoms. The van der Waals surface area contributed by atoms with Crippen LogP contribution in [0.2, 0.25) is 0 Å². The molecule has 5 heteroatoms. The number of anilines is 1. The maximum Gasteiger partial charge on any atom is 0.418 e. The summed E-state index contributed by atoms with van der Waals surface area (Å²) in [6, 6.07) is 5.45. The number of hydrogen-bond donors (Lipinski definition) is 1. The number of benzene rings is 1. The van der Waals surface area contributed by atoms with Gasteiger partial charge in [0.15, 0.2) is 0 Å². The lowest BCUT2D eigenvalue weighted by Gasteiger charge is -2.24. The normalized spacial score (nSPS) is 13.7. The summed E-state index contributed by atoms with van der Waals surface area (Å²) in [5, 5.41) is 2.95. The van der Waals surface area contributed by atoms with Gasteiger partial charge in [0.2, 0.25) is 0 Å². The van der Waals surface area contributed by atoms with Crippen molar-refractivity contribution in [2.75, 3.05) is 11.2 Å². The van der Waals surface area contributed by atoms with E-state index in [-0.39, 0.29) is 17.6 Å². The number of hydrogen-bond acceptors (Lipinski definition) is 1. The summed E-state index contributed by atoms with van der Waals surface area (Å²) in [5.41, 5.74) is -0.515. The molecule has 0 fully saturated rings. The maximum absolute atomic E-state index is 12.8. The molecular formula is C13H17ClF3N. The van der Waals surface area contributed by atoms with Crippen molar-refractivity contribution in [3.05, 3.63) is 29.8 Å². The minimum absolute atomic E-state index is 0.0639. The summed E-state index contributed by atoms with van der Waals surface area (Å²) in [5.74, 6) is 0.634. The summed E-state index contributed by atoms with van der Waals surface area (Å²) in [6.07, 6.45) is -3.71. The smallest absolute Gasteiger partial charge is 0.382 e. The Morgan fingerprint density at radius 3 is 2.33 bits per heavy atom. The summed E-state index contributed by atoms with van der Waals surface area (Å²) in [7, 11) is 0. The molecule has 1 N–H and O–H groups in total. The molecule has 1 rings (SSSR count). The van der Waals surface area contributed by atoms with Gasteiger partial charge in [-0.05, 0) is 24.5 Å². The molecule has 0 bridgehead atoms. The van der Waals surface area contributed by atoms with Crippen LogP contribution in [-0.2, 0) is 6.18 Å². The van der Waals surface area contributed by atoms with Gasteiger partial charge in [-0.3, -0.25) is 0 Å². The van der Waals surface area contributed by atoms with Crippen molar-refractivity contribution in [2.45, 2.75) is 32.5 Å². The molecule has 1 aromatic carbocycles. The van der Waals surface area contributed by atoms with Crippen molar-refractivity contribution in [1.29, 1.82) is 0 Å². The molecule has 0 aliphatic rings. The Kier molecular flexibility index (Phi) is 5.32. The average Bonchev–Trinajstić information content (AvgIpc) is 2.27. The Morgan fingerprint density at radius 1 is 1.22 bits per heavy atom. The van der Waals surface area contributed by atoms with Crippen molar-refractivity contribution in [3.63, 3.8) is 0 Å². The topological polar surface area (TPSA) is 12.0 Å². The lowest BCUT2D eigenvalue weighted by atomic mass is 10.0. The molecule has 0 heterocycles. The van der Waals surface area contributed by atoms with Gasteiger partial charge in [0.05, 0.1) is 5.56 Å². The van der Waals surface area contributed by atoms with Gasteiger partial charge in [-0.15, -0.1) is 11.6 Å². The third kappa shape index (κ3) is 4.09. The molecule has 102 valence electrons. The Balaban J connectivity index is 2.96. The van der Waals surface area contributed by atoms with Crippen LogP contribution in [0.3, 0.4) is 0 Å². The minimum Gasteiger partial charge on any atom is -0.382 e. The average molecular weight is 280 g/mol. The molecule has 0 spiro atoms. The molecule has 1 atom stereocenters. The standard InChI is InChI=1S/C13H17ClF3N/c1-9(2)11(7-8-14)18-12-6-4-3-5-10(12)13(15,16)17/h3-6,9,11,18H,7-8H2,1-2H3. The number of para-hydroxylation sites is 1. The predicted molar refractivity (Wildman–Crippen MR) is 69.0 cm³/mol. The molecule has 0 saturated carbocycles. The zero-order chi connectivity index (χ0) is 13.8. The van der Waals surface area contributed by atoms with E-state index in [1.165, 1.54) is 12.1 Å². The third-order valence-electron chi connectivity index (χ3n) is 2.80. The van der Waals surface area contributed by atoms with Gasteiger partial charge in [-0.2, -0.15) is 13.2 Å². The van der Waals surface area contributed by atoms with Crippen LogP contribution >= 0.6 is 11.6 Å². The first-order chi connectivity index (χ1) is 8.36. The second kappa shape index (κ2) is 6.32. The number of rotatable bonds is 5. The van der Waals surface area contributed by atoms with E-state index in [1.54, 1.807) is 6.07 Å². The van der Waals surface area contributed by atoms with Gasteiger partial charge < -0.3 is 5.32 Å². The summed E-state index contributed by atoms with van der Waals surface area (Å²) in [6.45, 7) is 3.92. The summed E-state index contributed by atoms with van der Waals surface area (Å²) >= 11 is 5.67. The van der Waals surface area contributed by atoms with E-state index in [0.717, 1.165) is 6.07 Å². The van der Waals surface area contributed by atoms with Gasteiger partial charge >= 0.3 is 6.18 Å². The van der Waals surface area contributed by atoms with Crippen LogP contribution in [0.25, 0.3) is 0 Å². The highest BCUT2D eigenvalue weighted by Crippen LogP contribution is 2.35. The molecule has 1 nitrogen and oxygen atoms in total. The summed E-state index contributed by atoms with van der Waals surface area (Å²) in [4.78, 5) is 0. The first-order valence-corrected chi connectivity index (χ1v) is 6.38. The van der Waals surface area contributed by atoms with E-state index in [9.17, 15) is 13.2 Å². The van der Waals surface area contributed by atoms with Gasteiger partial charge in [-0.1, -0.05) is 26.0 Å². The van der Waals surface area contributed by atoms with E-state index >= 15 is 0 Å². The molecule has 0 aliphatic heterocycles. The monoisotopic (exact) mass is 279 g/mol. The highest BCUT2D eigenvalue weighted by molar-refractivity contribution is 6.17. The SMILES string of the molecule is CC(C)C(CCCl)Nc1ccccc1C(F)(F)F. The van der Waals surface area contributed by atoms with Crippen LogP contribution < -0.4 is 5.32 Å². The fraction of sp³-hybridized carbons (Fsp3) is 0.538.